The lowest BCUT2D eigenvalue weighted by molar-refractivity contribution is 0.112. The standard InChI is InChI=1S/C14H18ClNOS/c1-14(2)5-6-16(7-8-18-14)13-9-12(15)4-3-11(13)10-17/h3-4,9-10H,5-8H2,1-2H3. The molecule has 0 atom stereocenters. The number of nitrogens with zero attached hydrogens (tertiary/aromatic N) is 1. The summed E-state index contributed by atoms with van der Waals surface area (Å²) in [6, 6.07) is 5.47. The monoisotopic (exact) mass is 283 g/mol. The van der Waals surface area contributed by atoms with Crippen molar-refractivity contribution < 1.29 is 4.79 Å². The first-order chi connectivity index (χ1) is 8.52. The minimum atomic E-state index is 0.314. The molecule has 4 heteroatoms. The molecule has 0 aromatic heterocycles. The average Bonchev–Trinajstić information content (AvgIpc) is 2.50. The second kappa shape index (κ2) is 5.54. The lowest BCUT2D eigenvalue weighted by Crippen LogP contribution is -2.27. The molecule has 98 valence electrons. The van der Waals surface area contributed by atoms with Crippen molar-refractivity contribution in [1.82, 2.24) is 0 Å². The molecular formula is C14H18ClNOS. The number of hydrogen-bond acceptors (Lipinski definition) is 3. The molecule has 1 aliphatic heterocycles. The van der Waals surface area contributed by atoms with E-state index in [9.17, 15) is 4.79 Å². The summed E-state index contributed by atoms with van der Waals surface area (Å²) in [7, 11) is 0. The largest absolute Gasteiger partial charge is 0.370 e. The quantitative estimate of drug-likeness (QED) is 0.769. The third-order valence-electron chi connectivity index (χ3n) is 3.30. The molecule has 0 saturated carbocycles. The first-order valence-electron chi connectivity index (χ1n) is 6.15. The topological polar surface area (TPSA) is 20.3 Å². The molecular weight excluding hydrogens is 266 g/mol. The molecule has 1 aliphatic rings. The lowest BCUT2D eigenvalue weighted by atomic mass is 10.1. The summed E-state index contributed by atoms with van der Waals surface area (Å²) in [5.74, 6) is 1.08. The van der Waals surface area contributed by atoms with Crippen LogP contribution in [-0.4, -0.2) is 29.9 Å². The van der Waals surface area contributed by atoms with Gasteiger partial charge in [-0.05, 0) is 24.6 Å². The van der Waals surface area contributed by atoms with Gasteiger partial charge in [-0.25, -0.2) is 0 Å². The van der Waals surface area contributed by atoms with Crippen molar-refractivity contribution >= 4 is 35.3 Å². The van der Waals surface area contributed by atoms with Crippen molar-refractivity contribution in [3.05, 3.63) is 28.8 Å². The molecule has 1 saturated heterocycles. The van der Waals surface area contributed by atoms with E-state index < -0.39 is 0 Å². The highest BCUT2D eigenvalue weighted by atomic mass is 35.5. The maximum absolute atomic E-state index is 11.1. The van der Waals surface area contributed by atoms with Crippen LogP contribution < -0.4 is 4.90 Å². The summed E-state index contributed by atoms with van der Waals surface area (Å²) in [6.45, 7) is 6.50. The van der Waals surface area contributed by atoms with E-state index in [2.05, 4.69) is 18.7 Å². The fourth-order valence-electron chi connectivity index (χ4n) is 2.15. The zero-order chi connectivity index (χ0) is 13.2. The molecule has 0 radical (unpaired) electrons. The van der Waals surface area contributed by atoms with Gasteiger partial charge in [0, 0.05) is 39.9 Å². The number of halogens is 1. The summed E-state index contributed by atoms with van der Waals surface area (Å²) in [5, 5.41) is 0.687. The van der Waals surface area contributed by atoms with Crippen molar-refractivity contribution in [1.29, 1.82) is 0 Å². The molecule has 0 bridgehead atoms. The van der Waals surface area contributed by atoms with Gasteiger partial charge >= 0.3 is 0 Å². The number of carbonyl (C=O) groups excluding carboxylic acids is 1. The lowest BCUT2D eigenvalue weighted by Gasteiger charge is -2.25. The number of hydrogen-bond donors (Lipinski definition) is 0. The number of anilines is 1. The highest BCUT2D eigenvalue weighted by Gasteiger charge is 2.24. The van der Waals surface area contributed by atoms with E-state index in [1.165, 1.54) is 0 Å². The van der Waals surface area contributed by atoms with Crippen LogP contribution in [0.2, 0.25) is 5.02 Å². The molecule has 1 heterocycles. The fraction of sp³-hybridized carbons (Fsp3) is 0.500. The normalized spacial score (nSPS) is 19.4. The highest BCUT2D eigenvalue weighted by molar-refractivity contribution is 8.00. The van der Waals surface area contributed by atoms with Gasteiger partial charge in [0.05, 0.1) is 0 Å². The van der Waals surface area contributed by atoms with Crippen molar-refractivity contribution in [2.75, 3.05) is 23.7 Å². The molecule has 1 fully saturated rings. The van der Waals surface area contributed by atoms with Crippen LogP contribution in [-0.2, 0) is 0 Å². The predicted octanol–water partition coefficient (Wildman–Crippen LogP) is 3.87. The predicted molar refractivity (Wildman–Crippen MR) is 80.2 cm³/mol. The van der Waals surface area contributed by atoms with Crippen molar-refractivity contribution in [3.8, 4) is 0 Å². The Morgan fingerprint density at radius 1 is 1.39 bits per heavy atom. The third-order valence-corrected chi connectivity index (χ3v) is 4.91. The van der Waals surface area contributed by atoms with Gasteiger partial charge in [-0.2, -0.15) is 11.8 Å². The molecule has 0 aliphatic carbocycles. The summed E-state index contributed by atoms with van der Waals surface area (Å²) in [6.07, 6.45) is 2.03. The summed E-state index contributed by atoms with van der Waals surface area (Å²) < 4.78 is 0.314. The second-order valence-electron chi connectivity index (χ2n) is 5.17. The van der Waals surface area contributed by atoms with E-state index in [1.54, 1.807) is 12.1 Å². The maximum atomic E-state index is 11.1. The van der Waals surface area contributed by atoms with Gasteiger partial charge in [-0.15, -0.1) is 0 Å². The Kier molecular flexibility index (Phi) is 4.23. The van der Waals surface area contributed by atoms with Crippen molar-refractivity contribution in [2.45, 2.75) is 25.0 Å². The molecule has 1 aromatic rings. The Morgan fingerprint density at radius 2 is 2.17 bits per heavy atom. The molecule has 0 N–H and O–H groups in total. The molecule has 2 rings (SSSR count). The molecule has 18 heavy (non-hydrogen) atoms. The van der Waals surface area contributed by atoms with Gasteiger partial charge in [0.2, 0.25) is 0 Å². The zero-order valence-corrected chi connectivity index (χ0v) is 12.4. The van der Waals surface area contributed by atoms with Crippen LogP contribution in [0.15, 0.2) is 18.2 Å². The van der Waals surface area contributed by atoms with E-state index in [0.29, 0.717) is 9.77 Å². The molecule has 0 spiro atoms. The van der Waals surface area contributed by atoms with E-state index in [1.807, 2.05) is 17.8 Å². The Hall–Kier alpha value is -0.670. The summed E-state index contributed by atoms with van der Waals surface area (Å²) >= 11 is 8.04. The number of rotatable bonds is 2. The minimum Gasteiger partial charge on any atom is -0.370 e. The van der Waals surface area contributed by atoms with Gasteiger partial charge in [0.25, 0.3) is 0 Å². The van der Waals surface area contributed by atoms with Gasteiger partial charge in [-0.3, -0.25) is 4.79 Å². The van der Waals surface area contributed by atoms with Gasteiger partial charge < -0.3 is 4.90 Å². The first kappa shape index (κ1) is 13.8. The summed E-state index contributed by atoms with van der Waals surface area (Å²) in [4.78, 5) is 13.4. The maximum Gasteiger partial charge on any atom is 0.152 e. The summed E-state index contributed by atoms with van der Waals surface area (Å²) in [5.41, 5.74) is 1.69. The van der Waals surface area contributed by atoms with E-state index in [0.717, 1.165) is 42.8 Å². The second-order valence-corrected chi connectivity index (χ2v) is 7.40. The average molecular weight is 284 g/mol. The van der Waals surface area contributed by atoms with Crippen molar-refractivity contribution in [2.24, 2.45) is 0 Å². The Bertz CT molecular complexity index is 447. The number of thioether (sulfide) groups is 1. The Labute approximate surface area is 118 Å². The van der Waals surface area contributed by atoms with Gasteiger partial charge in [-0.1, -0.05) is 25.4 Å². The third kappa shape index (κ3) is 3.21. The van der Waals surface area contributed by atoms with Gasteiger partial charge in [0.1, 0.15) is 0 Å². The fourth-order valence-corrected chi connectivity index (χ4v) is 3.42. The van der Waals surface area contributed by atoms with Crippen LogP contribution in [0.1, 0.15) is 30.6 Å². The van der Waals surface area contributed by atoms with Crippen molar-refractivity contribution in [3.63, 3.8) is 0 Å². The Balaban J connectivity index is 2.25. The van der Waals surface area contributed by atoms with Gasteiger partial charge in [0.15, 0.2) is 6.29 Å². The highest BCUT2D eigenvalue weighted by Crippen LogP contribution is 2.33. The van der Waals surface area contributed by atoms with Crippen LogP contribution in [0.3, 0.4) is 0 Å². The SMILES string of the molecule is CC1(C)CCN(c2cc(Cl)ccc2C=O)CCS1. The Morgan fingerprint density at radius 3 is 2.89 bits per heavy atom. The van der Waals surface area contributed by atoms with Crippen LogP contribution in [0.25, 0.3) is 0 Å². The van der Waals surface area contributed by atoms with Crippen LogP contribution in [0, 0.1) is 0 Å². The van der Waals surface area contributed by atoms with Crippen LogP contribution in [0.5, 0.6) is 0 Å². The molecule has 0 amide bonds. The van der Waals surface area contributed by atoms with E-state index >= 15 is 0 Å². The molecule has 1 aromatic carbocycles. The smallest absolute Gasteiger partial charge is 0.152 e. The van der Waals surface area contributed by atoms with Crippen LogP contribution >= 0.6 is 23.4 Å². The van der Waals surface area contributed by atoms with Crippen LogP contribution in [0.4, 0.5) is 5.69 Å². The zero-order valence-electron chi connectivity index (χ0n) is 10.8. The molecule has 2 nitrogen and oxygen atoms in total. The number of aldehydes is 1. The van der Waals surface area contributed by atoms with E-state index in [4.69, 9.17) is 11.6 Å². The van der Waals surface area contributed by atoms with E-state index in [-0.39, 0.29) is 0 Å². The number of benzene rings is 1. The number of carbonyl (C=O) groups is 1. The molecule has 0 unspecified atom stereocenters. The first-order valence-corrected chi connectivity index (χ1v) is 7.52. The minimum absolute atomic E-state index is 0.314.